The first kappa shape index (κ1) is 13.1. The molecule has 3 rings (SSSR count). The number of rotatable bonds is 5. The maximum atomic E-state index is 10.9. The molecule has 0 aliphatic heterocycles. The van der Waals surface area contributed by atoms with Gasteiger partial charge >= 0.3 is 5.97 Å². The van der Waals surface area contributed by atoms with Gasteiger partial charge in [0.05, 0.1) is 12.1 Å². The molecule has 21 heavy (non-hydrogen) atoms. The van der Waals surface area contributed by atoms with E-state index in [2.05, 4.69) is 20.5 Å². The van der Waals surface area contributed by atoms with E-state index in [0.717, 1.165) is 12.4 Å². The van der Waals surface area contributed by atoms with Crippen LogP contribution in [0.25, 0.3) is 11.1 Å². The molecule has 0 amide bonds. The Kier molecular flexibility index (Phi) is 3.27. The van der Waals surface area contributed by atoms with Gasteiger partial charge in [-0.2, -0.15) is 4.98 Å². The first-order valence-corrected chi connectivity index (χ1v) is 6.42. The molecule has 0 atom stereocenters. The summed E-state index contributed by atoms with van der Waals surface area (Å²) in [5, 5.41) is 19.8. The number of carboxylic acid groups (broad SMARTS) is 1. The molecule has 2 aromatic heterocycles. The first-order chi connectivity index (χ1) is 10.2. The zero-order valence-corrected chi connectivity index (χ0v) is 11.3. The molecule has 1 aromatic carbocycles. The Morgan fingerprint density at radius 1 is 1.48 bits per heavy atom. The van der Waals surface area contributed by atoms with Crippen molar-refractivity contribution in [3.63, 3.8) is 0 Å². The van der Waals surface area contributed by atoms with Crippen LogP contribution in [-0.4, -0.2) is 30.8 Å². The van der Waals surface area contributed by atoms with Crippen molar-refractivity contribution in [1.82, 2.24) is 19.7 Å². The molecular formula is C13H13N5O3. The number of nitrogens with one attached hydrogen (secondary N) is 1. The van der Waals surface area contributed by atoms with E-state index in [0.29, 0.717) is 23.7 Å². The van der Waals surface area contributed by atoms with Gasteiger partial charge in [0, 0.05) is 6.54 Å². The summed E-state index contributed by atoms with van der Waals surface area (Å²) in [6.45, 7) is 3.20. The summed E-state index contributed by atoms with van der Waals surface area (Å²) in [7, 11) is 0. The van der Waals surface area contributed by atoms with Crippen LogP contribution in [0.2, 0.25) is 0 Å². The Balaban J connectivity index is 1.80. The molecule has 0 saturated carbocycles. The highest BCUT2D eigenvalue weighted by Gasteiger charge is 2.10. The van der Waals surface area contributed by atoms with E-state index in [1.807, 2.05) is 11.5 Å². The fourth-order valence-corrected chi connectivity index (χ4v) is 1.97. The predicted molar refractivity (Wildman–Crippen MR) is 74.0 cm³/mol. The Bertz CT molecular complexity index is 792. The molecule has 2 N–H and O–H groups in total. The second-order valence-corrected chi connectivity index (χ2v) is 4.39. The van der Waals surface area contributed by atoms with Crippen molar-refractivity contribution in [1.29, 1.82) is 0 Å². The third kappa shape index (κ3) is 2.55. The Labute approximate surface area is 119 Å². The summed E-state index contributed by atoms with van der Waals surface area (Å²) in [6, 6.07) is 4.87. The second kappa shape index (κ2) is 5.23. The van der Waals surface area contributed by atoms with Crippen molar-refractivity contribution in [3.8, 4) is 0 Å². The molecular weight excluding hydrogens is 274 g/mol. The minimum atomic E-state index is -1.00. The maximum absolute atomic E-state index is 10.9. The van der Waals surface area contributed by atoms with Gasteiger partial charge in [-0.3, -0.25) is 0 Å². The van der Waals surface area contributed by atoms with Gasteiger partial charge in [0.2, 0.25) is 0 Å². The molecule has 0 aliphatic carbocycles. The molecule has 0 aliphatic rings. The number of carbonyl (C=O) groups is 1. The van der Waals surface area contributed by atoms with Crippen molar-refractivity contribution in [2.24, 2.45) is 0 Å². The number of carboxylic acids is 1. The average molecular weight is 287 g/mol. The van der Waals surface area contributed by atoms with Crippen LogP contribution in [0.3, 0.4) is 0 Å². The van der Waals surface area contributed by atoms with E-state index >= 15 is 0 Å². The number of aromatic nitrogens is 4. The SMILES string of the molecule is CCn1cnnc1CNc1nc2ccc(C(=O)O)cc2o1. The van der Waals surface area contributed by atoms with Gasteiger partial charge in [0.25, 0.3) is 6.01 Å². The lowest BCUT2D eigenvalue weighted by molar-refractivity contribution is 0.0697. The van der Waals surface area contributed by atoms with Crippen molar-refractivity contribution >= 4 is 23.1 Å². The van der Waals surface area contributed by atoms with Crippen LogP contribution in [0.4, 0.5) is 6.01 Å². The van der Waals surface area contributed by atoms with E-state index in [1.54, 1.807) is 12.4 Å². The molecule has 2 heterocycles. The van der Waals surface area contributed by atoms with Crippen molar-refractivity contribution < 1.29 is 14.3 Å². The number of nitrogens with zero attached hydrogens (tertiary/aromatic N) is 4. The molecule has 108 valence electrons. The van der Waals surface area contributed by atoms with Crippen LogP contribution < -0.4 is 5.32 Å². The molecule has 8 heteroatoms. The normalized spacial score (nSPS) is 10.9. The number of anilines is 1. The number of aromatic carboxylic acids is 1. The summed E-state index contributed by atoms with van der Waals surface area (Å²) in [5.41, 5.74) is 1.18. The van der Waals surface area contributed by atoms with Gasteiger partial charge < -0.3 is 19.4 Å². The fourth-order valence-electron chi connectivity index (χ4n) is 1.97. The van der Waals surface area contributed by atoms with E-state index in [9.17, 15) is 4.79 Å². The van der Waals surface area contributed by atoms with E-state index < -0.39 is 5.97 Å². The van der Waals surface area contributed by atoms with Crippen LogP contribution in [0.5, 0.6) is 0 Å². The van der Waals surface area contributed by atoms with E-state index in [4.69, 9.17) is 9.52 Å². The van der Waals surface area contributed by atoms with Crippen LogP contribution in [-0.2, 0) is 13.1 Å². The zero-order valence-electron chi connectivity index (χ0n) is 11.3. The first-order valence-electron chi connectivity index (χ1n) is 6.42. The lowest BCUT2D eigenvalue weighted by atomic mass is 10.2. The number of benzene rings is 1. The van der Waals surface area contributed by atoms with Crippen molar-refractivity contribution in [2.75, 3.05) is 5.32 Å². The molecule has 0 unspecified atom stereocenters. The summed E-state index contributed by atoms with van der Waals surface area (Å²) >= 11 is 0. The Morgan fingerprint density at radius 3 is 3.10 bits per heavy atom. The van der Waals surface area contributed by atoms with Crippen LogP contribution >= 0.6 is 0 Å². The third-order valence-electron chi connectivity index (χ3n) is 3.07. The smallest absolute Gasteiger partial charge is 0.335 e. The molecule has 3 aromatic rings. The topological polar surface area (TPSA) is 106 Å². The molecule has 8 nitrogen and oxygen atoms in total. The zero-order chi connectivity index (χ0) is 14.8. The quantitative estimate of drug-likeness (QED) is 0.736. The molecule has 0 fully saturated rings. The highest BCUT2D eigenvalue weighted by Crippen LogP contribution is 2.20. The number of fused-ring (bicyclic) bond motifs is 1. The monoisotopic (exact) mass is 287 g/mol. The van der Waals surface area contributed by atoms with Gasteiger partial charge in [-0.25, -0.2) is 4.79 Å². The average Bonchev–Trinajstić information content (AvgIpc) is 3.09. The van der Waals surface area contributed by atoms with Gasteiger partial charge in [0.15, 0.2) is 11.4 Å². The number of hydrogen-bond donors (Lipinski definition) is 2. The summed E-state index contributed by atoms with van der Waals surface area (Å²) in [5.74, 6) is -0.232. The van der Waals surface area contributed by atoms with E-state index in [1.165, 1.54) is 12.1 Å². The largest absolute Gasteiger partial charge is 0.478 e. The van der Waals surface area contributed by atoms with Crippen molar-refractivity contribution in [2.45, 2.75) is 20.0 Å². The minimum absolute atomic E-state index is 0.163. The van der Waals surface area contributed by atoms with Gasteiger partial charge in [-0.1, -0.05) is 0 Å². The number of oxazole rings is 1. The second-order valence-electron chi connectivity index (χ2n) is 4.39. The fraction of sp³-hybridized carbons (Fsp3) is 0.231. The lowest BCUT2D eigenvalue weighted by Crippen LogP contribution is -2.07. The minimum Gasteiger partial charge on any atom is -0.478 e. The maximum Gasteiger partial charge on any atom is 0.335 e. The van der Waals surface area contributed by atoms with Gasteiger partial charge in [-0.15, -0.1) is 10.2 Å². The van der Waals surface area contributed by atoms with Gasteiger partial charge in [0.1, 0.15) is 11.8 Å². The van der Waals surface area contributed by atoms with Crippen molar-refractivity contribution in [3.05, 3.63) is 35.9 Å². The molecule has 0 spiro atoms. The van der Waals surface area contributed by atoms with Crippen LogP contribution in [0.15, 0.2) is 28.9 Å². The number of aryl methyl sites for hydroxylation is 1. The highest BCUT2D eigenvalue weighted by molar-refractivity contribution is 5.92. The standard InChI is InChI=1S/C13H13N5O3/c1-2-18-7-15-17-11(18)6-14-13-16-9-4-3-8(12(19)20)5-10(9)21-13/h3-5,7H,2,6H2,1H3,(H,14,16)(H,19,20). The number of hydrogen-bond acceptors (Lipinski definition) is 6. The predicted octanol–water partition coefficient (Wildman–Crippen LogP) is 1.75. The van der Waals surface area contributed by atoms with E-state index in [-0.39, 0.29) is 5.56 Å². The molecule has 0 saturated heterocycles. The summed E-state index contributed by atoms with van der Waals surface area (Å²) in [4.78, 5) is 15.1. The van der Waals surface area contributed by atoms with Crippen LogP contribution in [0.1, 0.15) is 23.1 Å². The third-order valence-corrected chi connectivity index (χ3v) is 3.07. The lowest BCUT2D eigenvalue weighted by Gasteiger charge is -2.02. The Hall–Kier alpha value is -2.90. The Morgan fingerprint density at radius 2 is 2.33 bits per heavy atom. The highest BCUT2D eigenvalue weighted by atomic mass is 16.4. The summed E-state index contributed by atoms with van der Waals surface area (Å²) < 4.78 is 7.39. The summed E-state index contributed by atoms with van der Waals surface area (Å²) in [6.07, 6.45) is 1.65. The van der Waals surface area contributed by atoms with Crippen LogP contribution in [0, 0.1) is 0 Å². The van der Waals surface area contributed by atoms with Gasteiger partial charge in [-0.05, 0) is 25.1 Å². The molecule has 0 radical (unpaired) electrons. The molecule has 0 bridgehead atoms.